The number of anilines is 2. The van der Waals surface area contributed by atoms with E-state index in [1.165, 1.54) is 44.5 Å². The van der Waals surface area contributed by atoms with Crippen LogP contribution < -0.4 is 11.5 Å². The summed E-state index contributed by atoms with van der Waals surface area (Å²) in [6, 6.07) is 29.8. The van der Waals surface area contributed by atoms with E-state index in [4.69, 9.17) is 11.5 Å². The van der Waals surface area contributed by atoms with Crippen molar-refractivity contribution in [2.24, 2.45) is 0 Å². The number of nitrogen functional groups attached to an aromatic ring is 2. The van der Waals surface area contributed by atoms with Gasteiger partial charge in [-0.1, -0.05) is 62.4 Å². The van der Waals surface area contributed by atoms with Gasteiger partial charge in [0.1, 0.15) is 0 Å². The van der Waals surface area contributed by atoms with E-state index in [0.717, 1.165) is 11.4 Å². The highest BCUT2D eigenvalue weighted by Crippen LogP contribution is 2.50. The van der Waals surface area contributed by atoms with Gasteiger partial charge < -0.3 is 11.5 Å². The maximum absolute atomic E-state index is 5.86. The summed E-state index contributed by atoms with van der Waals surface area (Å²) in [6.07, 6.45) is 0. The zero-order chi connectivity index (χ0) is 20.2. The molecule has 4 aromatic rings. The van der Waals surface area contributed by atoms with Crippen LogP contribution in [0, 0.1) is 0 Å². The summed E-state index contributed by atoms with van der Waals surface area (Å²) in [7, 11) is 0. The standard InChI is InChI=1S/C27H24N2/c1-27(2)25-15-19(17-3-9-21(28)10-4-17)7-13-23(25)24-14-8-20(16-26(24)27)18-5-11-22(29)12-6-18/h3-16H,28-29H2,1-2H3. The molecule has 0 saturated carbocycles. The number of hydrogen-bond acceptors (Lipinski definition) is 2. The highest BCUT2D eigenvalue weighted by molar-refractivity contribution is 5.86. The third-order valence-corrected chi connectivity index (χ3v) is 6.16. The molecule has 0 radical (unpaired) electrons. The summed E-state index contributed by atoms with van der Waals surface area (Å²) in [5.74, 6) is 0. The molecule has 1 aliphatic rings. The molecule has 2 nitrogen and oxygen atoms in total. The van der Waals surface area contributed by atoms with E-state index in [2.05, 4.69) is 74.5 Å². The average molecular weight is 377 g/mol. The van der Waals surface area contributed by atoms with Gasteiger partial charge in [0.05, 0.1) is 0 Å². The molecule has 0 aliphatic heterocycles. The molecule has 0 spiro atoms. The maximum atomic E-state index is 5.86. The molecule has 5 rings (SSSR count). The summed E-state index contributed by atoms with van der Waals surface area (Å²) in [5, 5.41) is 0. The Balaban J connectivity index is 1.61. The first-order valence-corrected chi connectivity index (χ1v) is 9.95. The van der Waals surface area contributed by atoms with Crippen molar-refractivity contribution in [1.82, 2.24) is 0 Å². The van der Waals surface area contributed by atoms with E-state index >= 15 is 0 Å². The van der Waals surface area contributed by atoms with Crippen molar-refractivity contribution in [3.8, 4) is 33.4 Å². The fourth-order valence-electron chi connectivity index (χ4n) is 4.45. The molecule has 0 amide bonds. The zero-order valence-electron chi connectivity index (χ0n) is 16.7. The topological polar surface area (TPSA) is 52.0 Å². The van der Waals surface area contributed by atoms with Crippen LogP contribution in [0.1, 0.15) is 25.0 Å². The Hall–Kier alpha value is -3.52. The molecule has 1 aliphatic carbocycles. The van der Waals surface area contributed by atoms with Crippen molar-refractivity contribution in [1.29, 1.82) is 0 Å². The number of benzene rings is 4. The van der Waals surface area contributed by atoms with Crippen LogP contribution in [-0.2, 0) is 5.41 Å². The van der Waals surface area contributed by atoms with Gasteiger partial charge in [0, 0.05) is 16.8 Å². The van der Waals surface area contributed by atoms with Gasteiger partial charge in [0.15, 0.2) is 0 Å². The first-order valence-electron chi connectivity index (χ1n) is 9.95. The van der Waals surface area contributed by atoms with Crippen molar-refractivity contribution >= 4 is 11.4 Å². The minimum atomic E-state index is -0.0572. The van der Waals surface area contributed by atoms with Gasteiger partial charge in [-0.2, -0.15) is 0 Å². The van der Waals surface area contributed by atoms with Gasteiger partial charge in [0.25, 0.3) is 0 Å². The second kappa shape index (κ2) is 6.25. The lowest BCUT2D eigenvalue weighted by Crippen LogP contribution is -2.15. The molecule has 0 bridgehead atoms. The summed E-state index contributed by atoms with van der Waals surface area (Å²) in [6.45, 7) is 4.63. The molecule has 0 atom stereocenters. The van der Waals surface area contributed by atoms with E-state index < -0.39 is 0 Å². The number of hydrogen-bond donors (Lipinski definition) is 2. The lowest BCUT2D eigenvalue weighted by Gasteiger charge is -2.22. The zero-order valence-corrected chi connectivity index (χ0v) is 16.7. The highest BCUT2D eigenvalue weighted by Gasteiger charge is 2.35. The van der Waals surface area contributed by atoms with Gasteiger partial charge in [0.2, 0.25) is 0 Å². The molecular weight excluding hydrogens is 352 g/mol. The van der Waals surface area contributed by atoms with Crippen molar-refractivity contribution in [2.45, 2.75) is 19.3 Å². The molecule has 0 saturated heterocycles. The third kappa shape index (κ3) is 2.80. The second-order valence-corrected chi connectivity index (χ2v) is 8.39. The Morgan fingerprint density at radius 3 is 1.21 bits per heavy atom. The number of rotatable bonds is 2. The van der Waals surface area contributed by atoms with Crippen LogP contribution in [0.4, 0.5) is 11.4 Å². The second-order valence-electron chi connectivity index (χ2n) is 8.39. The van der Waals surface area contributed by atoms with E-state index in [0.29, 0.717) is 0 Å². The molecule has 4 N–H and O–H groups in total. The fourth-order valence-corrected chi connectivity index (χ4v) is 4.45. The van der Waals surface area contributed by atoms with Crippen LogP contribution in [0.5, 0.6) is 0 Å². The predicted octanol–water partition coefficient (Wildman–Crippen LogP) is 6.49. The van der Waals surface area contributed by atoms with Gasteiger partial charge in [-0.05, 0) is 80.9 Å². The Bertz CT molecular complexity index is 1120. The lowest BCUT2D eigenvalue weighted by atomic mass is 9.81. The van der Waals surface area contributed by atoms with Gasteiger partial charge in [-0.25, -0.2) is 0 Å². The average Bonchev–Trinajstić information content (AvgIpc) is 2.96. The molecule has 0 fully saturated rings. The van der Waals surface area contributed by atoms with Gasteiger partial charge >= 0.3 is 0 Å². The van der Waals surface area contributed by atoms with Crippen molar-refractivity contribution in [3.05, 3.63) is 96.1 Å². The van der Waals surface area contributed by atoms with Crippen LogP contribution in [0.3, 0.4) is 0 Å². The molecule has 0 aromatic heterocycles. The van der Waals surface area contributed by atoms with E-state index in [9.17, 15) is 0 Å². The molecule has 2 heteroatoms. The SMILES string of the molecule is CC1(C)c2cc(-c3ccc(N)cc3)ccc2-c2ccc(-c3ccc(N)cc3)cc21. The molecule has 4 aromatic carbocycles. The summed E-state index contributed by atoms with van der Waals surface area (Å²) < 4.78 is 0. The lowest BCUT2D eigenvalue weighted by molar-refractivity contribution is 0.661. The first-order chi connectivity index (χ1) is 13.9. The van der Waals surface area contributed by atoms with E-state index in [1.54, 1.807) is 0 Å². The normalized spacial score (nSPS) is 13.7. The summed E-state index contributed by atoms with van der Waals surface area (Å²) in [5.41, 5.74) is 23.5. The molecule has 0 unspecified atom stereocenters. The van der Waals surface area contributed by atoms with Crippen LogP contribution in [-0.4, -0.2) is 0 Å². The highest BCUT2D eigenvalue weighted by atomic mass is 14.5. The van der Waals surface area contributed by atoms with Crippen molar-refractivity contribution in [3.63, 3.8) is 0 Å². The Morgan fingerprint density at radius 1 is 0.483 bits per heavy atom. The summed E-state index contributed by atoms with van der Waals surface area (Å²) in [4.78, 5) is 0. The summed E-state index contributed by atoms with van der Waals surface area (Å²) >= 11 is 0. The fraction of sp³-hybridized carbons (Fsp3) is 0.111. The third-order valence-electron chi connectivity index (χ3n) is 6.16. The van der Waals surface area contributed by atoms with Gasteiger partial charge in [-0.3, -0.25) is 0 Å². The molecule has 142 valence electrons. The first kappa shape index (κ1) is 17.6. The molecule has 0 heterocycles. The van der Waals surface area contributed by atoms with Crippen molar-refractivity contribution in [2.75, 3.05) is 11.5 Å². The molecular formula is C27H24N2. The smallest absolute Gasteiger partial charge is 0.0314 e. The number of fused-ring (bicyclic) bond motifs is 3. The van der Waals surface area contributed by atoms with E-state index in [-0.39, 0.29) is 5.41 Å². The monoisotopic (exact) mass is 376 g/mol. The Labute approximate surface area is 171 Å². The van der Waals surface area contributed by atoms with E-state index in [1.807, 2.05) is 24.3 Å². The predicted molar refractivity (Wildman–Crippen MR) is 124 cm³/mol. The Morgan fingerprint density at radius 2 is 0.828 bits per heavy atom. The van der Waals surface area contributed by atoms with Gasteiger partial charge in [-0.15, -0.1) is 0 Å². The maximum Gasteiger partial charge on any atom is 0.0314 e. The van der Waals surface area contributed by atoms with Crippen LogP contribution in [0.25, 0.3) is 33.4 Å². The van der Waals surface area contributed by atoms with Crippen LogP contribution in [0.2, 0.25) is 0 Å². The molecule has 29 heavy (non-hydrogen) atoms. The quantitative estimate of drug-likeness (QED) is 0.393. The minimum absolute atomic E-state index is 0.0572. The Kier molecular flexibility index (Phi) is 3.78. The largest absolute Gasteiger partial charge is 0.399 e. The number of nitrogens with two attached hydrogens (primary N) is 2. The van der Waals surface area contributed by atoms with Crippen LogP contribution in [0.15, 0.2) is 84.9 Å². The van der Waals surface area contributed by atoms with Crippen molar-refractivity contribution < 1.29 is 0 Å². The van der Waals surface area contributed by atoms with Crippen LogP contribution >= 0.6 is 0 Å². The minimum Gasteiger partial charge on any atom is -0.399 e.